The summed E-state index contributed by atoms with van der Waals surface area (Å²) in [5.74, 6) is 0.294. The Morgan fingerprint density at radius 1 is 0.690 bits per heavy atom. The van der Waals surface area contributed by atoms with Crippen LogP contribution in [0.3, 0.4) is 0 Å². The number of para-hydroxylation sites is 1. The van der Waals surface area contributed by atoms with Gasteiger partial charge in [0.15, 0.2) is 0 Å². The van der Waals surface area contributed by atoms with E-state index >= 15 is 0 Å². The average Bonchev–Trinajstić information content (AvgIpc) is 3.48. The molecule has 2 heteroatoms. The molecule has 0 saturated heterocycles. The molecule has 2 aromatic heterocycles. The van der Waals surface area contributed by atoms with Crippen molar-refractivity contribution in [3.8, 4) is 28.0 Å². The number of aryl methyl sites for hydroxylation is 2. The van der Waals surface area contributed by atoms with Crippen molar-refractivity contribution in [3.63, 3.8) is 0 Å². The van der Waals surface area contributed by atoms with Crippen LogP contribution >= 0.6 is 0 Å². The number of phenolic OH excluding ortho intramolecular Hbond substituents is 1. The molecule has 8 rings (SSSR count). The van der Waals surface area contributed by atoms with Crippen LogP contribution in [0.1, 0.15) is 16.8 Å². The fraction of sp³-hybridized carbons (Fsp3) is 0.0500. The molecule has 0 unspecified atom stereocenters. The average molecular weight is 540 g/mol. The number of nitrogens with zero attached hydrogens (tertiary/aromatic N) is 1. The topological polar surface area (TPSA) is 24.6 Å². The van der Waals surface area contributed by atoms with Crippen molar-refractivity contribution in [1.29, 1.82) is 0 Å². The minimum Gasteiger partial charge on any atom is -0.507 e. The monoisotopic (exact) mass is 539 g/mol. The number of hydrogen-bond donors (Lipinski definition) is 1. The van der Waals surface area contributed by atoms with Gasteiger partial charge in [-0.05, 0) is 87.7 Å². The molecule has 0 saturated carbocycles. The van der Waals surface area contributed by atoms with Gasteiger partial charge >= 0.3 is 0 Å². The quantitative estimate of drug-likeness (QED) is 0.239. The van der Waals surface area contributed by atoms with Crippen LogP contribution in [0.15, 0.2) is 115 Å². The second-order valence-corrected chi connectivity index (χ2v) is 11.3. The van der Waals surface area contributed by atoms with Gasteiger partial charge in [-0.25, -0.2) is 0 Å². The highest BCUT2D eigenvalue weighted by Gasteiger charge is 2.24. The van der Waals surface area contributed by atoms with Crippen molar-refractivity contribution in [2.24, 2.45) is 0 Å². The van der Waals surface area contributed by atoms with Gasteiger partial charge in [-0.2, -0.15) is 0 Å². The third kappa shape index (κ3) is 3.45. The van der Waals surface area contributed by atoms with E-state index in [0.717, 1.165) is 27.1 Å². The number of rotatable bonds is 3. The van der Waals surface area contributed by atoms with E-state index in [9.17, 15) is 5.11 Å². The first kappa shape index (κ1) is 24.5. The third-order valence-corrected chi connectivity index (χ3v) is 8.87. The van der Waals surface area contributed by atoms with Crippen molar-refractivity contribution in [3.05, 3.63) is 143 Å². The number of hydrogen-bond acceptors (Lipinski definition) is 1. The summed E-state index contributed by atoms with van der Waals surface area (Å²) in [6.45, 7) is 8.65. The molecule has 0 spiro atoms. The van der Waals surface area contributed by atoms with Crippen molar-refractivity contribution < 1.29 is 5.11 Å². The lowest BCUT2D eigenvalue weighted by atomic mass is 9.91. The molecule has 0 aliphatic carbocycles. The SMILES string of the molecule is C=c1cccc/c1=C/c1c(C)n2c3ccc(-c4cccc5ccccc45)cc3c3c(-c4ccccc4O)c(C)cc1c32. The lowest BCUT2D eigenvalue weighted by Gasteiger charge is -2.12. The van der Waals surface area contributed by atoms with Crippen LogP contribution in [-0.4, -0.2) is 9.51 Å². The molecule has 0 aliphatic heterocycles. The maximum atomic E-state index is 11.1. The van der Waals surface area contributed by atoms with E-state index in [2.05, 4.69) is 116 Å². The van der Waals surface area contributed by atoms with E-state index in [1.165, 1.54) is 60.3 Å². The second kappa shape index (κ2) is 9.09. The van der Waals surface area contributed by atoms with Crippen LogP contribution in [0.2, 0.25) is 0 Å². The largest absolute Gasteiger partial charge is 0.507 e. The van der Waals surface area contributed by atoms with Crippen molar-refractivity contribution in [2.75, 3.05) is 0 Å². The molecular formula is C40H29NO. The fourth-order valence-electron chi connectivity index (χ4n) is 6.91. The molecule has 0 fully saturated rings. The van der Waals surface area contributed by atoms with E-state index in [1.54, 1.807) is 6.07 Å². The Hall–Kier alpha value is -5.34. The van der Waals surface area contributed by atoms with Gasteiger partial charge in [0.2, 0.25) is 0 Å². The van der Waals surface area contributed by atoms with E-state index in [-0.39, 0.29) is 0 Å². The number of aromatic nitrogens is 1. The molecule has 0 atom stereocenters. The van der Waals surface area contributed by atoms with Crippen molar-refractivity contribution >= 4 is 50.6 Å². The molecule has 8 aromatic rings. The summed E-state index contributed by atoms with van der Waals surface area (Å²) in [6, 6.07) is 40.2. The zero-order chi connectivity index (χ0) is 28.5. The smallest absolute Gasteiger partial charge is 0.123 e. The van der Waals surface area contributed by atoms with Gasteiger partial charge in [-0.1, -0.05) is 97.6 Å². The lowest BCUT2D eigenvalue weighted by Crippen LogP contribution is -2.21. The Kier molecular flexibility index (Phi) is 5.29. The highest BCUT2D eigenvalue weighted by molar-refractivity contribution is 6.23. The maximum Gasteiger partial charge on any atom is 0.123 e. The predicted octanol–water partition coefficient (Wildman–Crippen LogP) is 8.73. The molecule has 0 amide bonds. The van der Waals surface area contributed by atoms with Gasteiger partial charge in [0.1, 0.15) is 5.75 Å². The first-order valence-electron chi connectivity index (χ1n) is 14.4. The minimum absolute atomic E-state index is 0.294. The highest BCUT2D eigenvalue weighted by Crippen LogP contribution is 2.47. The molecular weight excluding hydrogens is 510 g/mol. The van der Waals surface area contributed by atoms with Gasteiger partial charge in [-0.3, -0.25) is 0 Å². The zero-order valence-corrected chi connectivity index (χ0v) is 23.6. The van der Waals surface area contributed by atoms with Crippen LogP contribution in [0, 0.1) is 13.8 Å². The molecule has 2 heterocycles. The van der Waals surface area contributed by atoms with E-state index in [4.69, 9.17) is 0 Å². The number of aromatic hydroxyl groups is 1. The minimum atomic E-state index is 0.294. The van der Waals surface area contributed by atoms with E-state index < -0.39 is 0 Å². The Balaban J connectivity index is 1.54. The molecule has 42 heavy (non-hydrogen) atoms. The summed E-state index contributed by atoms with van der Waals surface area (Å²) in [7, 11) is 0. The number of benzene rings is 6. The molecule has 2 nitrogen and oxygen atoms in total. The predicted molar refractivity (Wildman–Crippen MR) is 178 cm³/mol. The summed E-state index contributed by atoms with van der Waals surface area (Å²) >= 11 is 0. The van der Waals surface area contributed by atoms with Crippen LogP contribution in [0.25, 0.3) is 72.9 Å². The van der Waals surface area contributed by atoms with Crippen LogP contribution in [-0.2, 0) is 0 Å². The highest BCUT2D eigenvalue weighted by atomic mass is 16.3. The maximum absolute atomic E-state index is 11.1. The van der Waals surface area contributed by atoms with Gasteiger partial charge in [0.25, 0.3) is 0 Å². The van der Waals surface area contributed by atoms with E-state index in [0.29, 0.717) is 5.75 Å². The standard InChI is InChI=1S/C40H29NO/c1-24-11-4-5-13-28(24)22-33-26(3)41-36-20-19-29(31-17-10-14-27-12-6-7-15-30(27)31)23-35(36)39-38(25(2)21-34(33)40(39)41)32-16-8-9-18-37(32)42/h4-23,42H,1H2,2-3H3/b28-22-. The van der Waals surface area contributed by atoms with Crippen molar-refractivity contribution in [1.82, 2.24) is 4.40 Å². The first-order chi connectivity index (χ1) is 20.5. The van der Waals surface area contributed by atoms with Gasteiger partial charge < -0.3 is 9.51 Å². The van der Waals surface area contributed by atoms with Gasteiger partial charge in [-0.15, -0.1) is 0 Å². The fourth-order valence-corrected chi connectivity index (χ4v) is 6.91. The van der Waals surface area contributed by atoms with E-state index in [1.807, 2.05) is 24.3 Å². The Labute approximate surface area is 244 Å². The Bertz CT molecular complexity index is 2460. The molecule has 200 valence electrons. The molecule has 0 aliphatic rings. The Morgan fingerprint density at radius 3 is 2.29 bits per heavy atom. The van der Waals surface area contributed by atoms with Crippen LogP contribution in [0.5, 0.6) is 5.75 Å². The lowest BCUT2D eigenvalue weighted by molar-refractivity contribution is 0.477. The first-order valence-corrected chi connectivity index (χ1v) is 14.4. The summed E-state index contributed by atoms with van der Waals surface area (Å²) in [4.78, 5) is 0. The number of phenols is 1. The molecule has 1 N–H and O–H groups in total. The normalized spacial score (nSPS) is 12.4. The van der Waals surface area contributed by atoms with Crippen molar-refractivity contribution in [2.45, 2.75) is 13.8 Å². The summed E-state index contributed by atoms with van der Waals surface area (Å²) in [6.07, 6.45) is 2.27. The Morgan fingerprint density at radius 2 is 1.43 bits per heavy atom. The summed E-state index contributed by atoms with van der Waals surface area (Å²) < 4.78 is 2.41. The van der Waals surface area contributed by atoms with Crippen LogP contribution in [0.4, 0.5) is 0 Å². The third-order valence-electron chi connectivity index (χ3n) is 8.87. The summed E-state index contributed by atoms with van der Waals surface area (Å²) in [5, 5.41) is 19.2. The van der Waals surface area contributed by atoms with Gasteiger partial charge in [0, 0.05) is 33.0 Å². The van der Waals surface area contributed by atoms with Gasteiger partial charge in [0.05, 0.1) is 11.0 Å². The zero-order valence-electron chi connectivity index (χ0n) is 23.6. The summed E-state index contributed by atoms with van der Waals surface area (Å²) in [5.41, 5.74) is 10.2. The van der Waals surface area contributed by atoms with Crippen LogP contribution < -0.4 is 10.4 Å². The second-order valence-electron chi connectivity index (χ2n) is 11.3. The molecule has 6 aromatic carbocycles. The number of fused-ring (bicyclic) bond motifs is 4. The molecule has 0 radical (unpaired) electrons. The molecule has 0 bridgehead atoms.